The SMILES string of the molecule is C[Si](C)(C)c1ccc2c3cccc4c3c3c(cc([Si](C)(C)C)c5sc1c2c53)[Si]4(C)C. The Kier molecular flexibility index (Phi) is 3.51. The highest BCUT2D eigenvalue weighted by molar-refractivity contribution is 7.30. The fourth-order valence-electron chi connectivity index (χ4n) is 5.89. The third-order valence-corrected chi connectivity index (χ3v) is 16.6. The van der Waals surface area contributed by atoms with E-state index in [1.54, 1.807) is 51.7 Å². The number of benzene rings is 4. The van der Waals surface area contributed by atoms with Gasteiger partial charge in [0.25, 0.3) is 0 Å². The maximum atomic E-state index is 2.69. The number of rotatable bonds is 2. The lowest BCUT2D eigenvalue weighted by molar-refractivity contribution is 1.76. The molecule has 0 unspecified atom stereocenters. The normalized spacial score (nSPS) is 16.3. The van der Waals surface area contributed by atoms with Crippen molar-refractivity contribution in [2.24, 2.45) is 0 Å². The topological polar surface area (TPSA) is 0 Å². The Morgan fingerprint density at radius 2 is 1.27 bits per heavy atom. The molecule has 0 spiro atoms. The molecule has 4 heteroatoms. The van der Waals surface area contributed by atoms with Crippen LogP contribution < -0.4 is 20.7 Å². The molecule has 6 rings (SSSR count). The van der Waals surface area contributed by atoms with Crippen LogP contribution in [0.4, 0.5) is 0 Å². The summed E-state index contributed by atoms with van der Waals surface area (Å²) in [4.78, 5) is 0. The van der Waals surface area contributed by atoms with Gasteiger partial charge in [0.05, 0.1) is 16.1 Å². The molecule has 0 saturated heterocycles. The summed E-state index contributed by atoms with van der Waals surface area (Å²) in [5.74, 6) is 0. The van der Waals surface area contributed by atoms with Crippen molar-refractivity contribution in [3.05, 3.63) is 36.4 Å². The first-order valence-corrected chi connectivity index (χ1v) is 22.0. The average Bonchev–Trinajstić information content (AvgIpc) is 3.13. The van der Waals surface area contributed by atoms with Crippen molar-refractivity contribution in [3.8, 4) is 0 Å². The highest BCUT2D eigenvalue weighted by atomic mass is 32.1. The number of hydrogen-bond acceptors (Lipinski definition) is 1. The van der Waals surface area contributed by atoms with Gasteiger partial charge in [-0.3, -0.25) is 0 Å². The second kappa shape index (κ2) is 5.47. The fraction of sp³-hybridized carbons (Fsp3) is 0.308. The molecule has 30 heavy (non-hydrogen) atoms. The van der Waals surface area contributed by atoms with Crippen LogP contribution in [0.15, 0.2) is 36.4 Å². The molecule has 0 nitrogen and oxygen atoms in total. The highest BCUT2D eigenvalue weighted by Crippen LogP contribution is 2.46. The molecule has 4 aromatic carbocycles. The molecule has 5 aromatic rings. The van der Waals surface area contributed by atoms with Crippen molar-refractivity contribution >= 4 is 98.0 Å². The first kappa shape index (κ1) is 19.2. The van der Waals surface area contributed by atoms with Gasteiger partial charge in [0, 0.05) is 20.2 Å². The van der Waals surface area contributed by atoms with E-state index in [0.717, 1.165) is 0 Å². The molecule has 0 saturated carbocycles. The third-order valence-electron chi connectivity index (χ3n) is 7.46. The molecular weight excluding hydrogens is 429 g/mol. The molecule has 152 valence electrons. The molecule has 0 N–H and O–H groups in total. The number of thiophene rings is 1. The molecule has 2 heterocycles. The van der Waals surface area contributed by atoms with E-state index >= 15 is 0 Å². The van der Waals surface area contributed by atoms with Gasteiger partial charge in [-0.05, 0) is 42.3 Å². The smallest absolute Gasteiger partial charge is 0.113 e. The van der Waals surface area contributed by atoms with Crippen LogP contribution in [-0.2, 0) is 0 Å². The van der Waals surface area contributed by atoms with Crippen LogP contribution in [-0.4, -0.2) is 24.2 Å². The first-order chi connectivity index (χ1) is 13.9. The molecule has 0 radical (unpaired) electrons. The van der Waals surface area contributed by atoms with Crippen LogP contribution in [0.1, 0.15) is 0 Å². The summed E-state index contributed by atoms with van der Waals surface area (Å²) in [6, 6.07) is 14.8. The van der Waals surface area contributed by atoms with Gasteiger partial charge >= 0.3 is 0 Å². The molecule has 0 bridgehead atoms. The van der Waals surface area contributed by atoms with Gasteiger partial charge in [-0.15, -0.1) is 11.3 Å². The van der Waals surface area contributed by atoms with Gasteiger partial charge in [-0.2, -0.15) is 0 Å². The van der Waals surface area contributed by atoms with Gasteiger partial charge in [0.1, 0.15) is 8.07 Å². The standard InChI is InChI=1S/C26H30SSi3/c1-28(2,3)18-13-12-16-15-10-9-11-17-21(15)23-19(30(17,7)8)14-20(29(4,5)6)26-24(23)22(16)25(18)27-26/h9-14H,1-8H3. The van der Waals surface area contributed by atoms with Crippen LogP contribution in [0.3, 0.4) is 0 Å². The maximum absolute atomic E-state index is 2.69. The molecule has 0 atom stereocenters. The van der Waals surface area contributed by atoms with Crippen LogP contribution >= 0.6 is 11.3 Å². The van der Waals surface area contributed by atoms with Crippen LogP contribution in [0.25, 0.3) is 41.7 Å². The Hall–Kier alpha value is -1.47. The molecule has 0 fully saturated rings. The van der Waals surface area contributed by atoms with Gasteiger partial charge < -0.3 is 0 Å². The van der Waals surface area contributed by atoms with Crippen molar-refractivity contribution in [2.45, 2.75) is 52.4 Å². The van der Waals surface area contributed by atoms with Crippen LogP contribution in [0.5, 0.6) is 0 Å². The lowest BCUT2D eigenvalue weighted by Gasteiger charge is -2.24. The summed E-state index contributed by atoms with van der Waals surface area (Å²) in [7, 11) is -4.58. The summed E-state index contributed by atoms with van der Waals surface area (Å²) < 4.78 is 3.21. The average molecular weight is 459 g/mol. The second-order valence-corrected chi connectivity index (χ2v) is 27.3. The van der Waals surface area contributed by atoms with Crippen molar-refractivity contribution in [2.75, 3.05) is 0 Å². The van der Waals surface area contributed by atoms with E-state index in [-0.39, 0.29) is 0 Å². The largest absolute Gasteiger partial charge is 0.135 e. The zero-order valence-corrected chi connectivity index (χ0v) is 23.2. The Labute approximate surface area is 186 Å². The Bertz CT molecular complexity index is 1520. The molecular formula is C26H30SSi3. The maximum Gasteiger partial charge on any atom is 0.113 e. The van der Waals surface area contributed by atoms with E-state index < -0.39 is 24.2 Å². The fourth-order valence-corrected chi connectivity index (χ4v) is 15.2. The third kappa shape index (κ3) is 2.16. The number of hydrogen-bond donors (Lipinski definition) is 0. The van der Waals surface area contributed by atoms with Gasteiger partial charge in [-0.1, -0.05) is 88.8 Å². The Morgan fingerprint density at radius 3 is 1.93 bits per heavy atom. The monoisotopic (exact) mass is 458 g/mol. The van der Waals surface area contributed by atoms with E-state index in [2.05, 4.69) is 100 Å². The summed E-state index contributed by atoms with van der Waals surface area (Å²) in [6.07, 6.45) is 0. The predicted octanol–water partition coefficient (Wildman–Crippen LogP) is 6.03. The summed E-state index contributed by atoms with van der Waals surface area (Å²) in [5.41, 5.74) is 0. The lowest BCUT2D eigenvalue weighted by atomic mass is 9.94. The van der Waals surface area contributed by atoms with Crippen LogP contribution in [0, 0.1) is 0 Å². The summed E-state index contributed by atoms with van der Waals surface area (Å²) in [5, 5.41) is 16.1. The van der Waals surface area contributed by atoms with Crippen molar-refractivity contribution in [3.63, 3.8) is 0 Å². The zero-order chi connectivity index (χ0) is 21.4. The van der Waals surface area contributed by atoms with Crippen molar-refractivity contribution in [1.29, 1.82) is 0 Å². The second-order valence-electron chi connectivity index (χ2n) is 11.9. The van der Waals surface area contributed by atoms with Gasteiger partial charge in [0.2, 0.25) is 0 Å². The van der Waals surface area contributed by atoms with E-state index in [9.17, 15) is 0 Å². The molecule has 0 aliphatic carbocycles. The molecule has 1 aromatic heterocycles. The Morgan fingerprint density at radius 1 is 0.633 bits per heavy atom. The van der Waals surface area contributed by atoms with Gasteiger partial charge in [0.15, 0.2) is 0 Å². The van der Waals surface area contributed by atoms with E-state index in [1.807, 2.05) is 0 Å². The number of fused-ring (bicyclic) bond motifs is 1. The minimum absolute atomic E-state index is 1.43. The quantitative estimate of drug-likeness (QED) is 0.224. The summed E-state index contributed by atoms with van der Waals surface area (Å²) >= 11 is 2.12. The van der Waals surface area contributed by atoms with Crippen molar-refractivity contribution in [1.82, 2.24) is 0 Å². The van der Waals surface area contributed by atoms with E-state index in [4.69, 9.17) is 0 Å². The minimum atomic E-state index is -1.68. The minimum Gasteiger partial charge on any atom is -0.135 e. The lowest BCUT2D eigenvalue weighted by Crippen LogP contribution is -2.51. The Balaban J connectivity index is 2.01. The highest BCUT2D eigenvalue weighted by Gasteiger charge is 2.40. The molecule has 1 aliphatic heterocycles. The van der Waals surface area contributed by atoms with E-state index in [0.29, 0.717) is 0 Å². The van der Waals surface area contributed by atoms with Crippen molar-refractivity contribution < 1.29 is 0 Å². The summed E-state index contributed by atoms with van der Waals surface area (Å²) in [6.45, 7) is 20.3. The molecule has 0 amide bonds. The zero-order valence-electron chi connectivity index (χ0n) is 19.4. The first-order valence-electron chi connectivity index (χ1n) is 11.1. The van der Waals surface area contributed by atoms with E-state index in [1.165, 1.54) is 10.8 Å². The molecule has 1 aliphatic rings. The predicted molar refractivity (Wildman–Crippen MR) is 148 cm³/mol. The van der Waals surface area contributed by atoms with Gasteiger partial charge in [-0.25, -0.2) is 0 Å². The van der Waals surface area contributed by atoms with Crippen LogP contribution in [0.2, 0.25) is 52.4 Å².